The molecule has 2 aromatic rings. The van der Waals surface area contributed by atoms with E-state index in [1.54, 1.807) is 39.0 Å². The number of alkyl carbamates (subject to hydrolysis) is 1. The largest absolute Gasteiger partial charge is 0.467 e. The first-order valence-corrected chi connectivity index (χ1v) is 11.2. The molecule has 0 aromatic heterocycles. The Morgan fingerprint density at radius 3 is 2.38 bits per heavy atom. The third-order valence-electron chi connectivity index (χ3n) is 5.61. The molecule has 2 amide bonds. The van der Waals surface area contributed by atoms with Crippen molar-refractivity contribution in [3.63, 3.8) is 0 Å². The van der Waals surface area contributed by atoms with Gasteiger partial charge in [0.1, 0.15) is 17.5 Å². The Kier molecular flexibility index (Phi) is 7.91. The zero-order valence-electron chi connectivity index (χ0n) is 20.0. The van der Waals surface area contributed by atoms with Crippen molar-refractivity contribution >= 4 is 18.0 Å². The molecule has 2 atom stereocenters. The van der Waals surface area contributed by atoms with Crippen molar-refractivity contribution in [2.24, 2.45) is 0 Å². The number of carbonyl (C=O) groups is 3. The first-order chi connectivity index (χ1) is 16.1. The number of carbonyl (C=O) groups excluding carboxylic acids is 3. The van der Waals surface area contributed by atoms with Crippen molar-refractivity contribution in [2.45, 2.75) is 64.3 Å². The fourth-order valence-electron chi connectivity index (χ4n) is 4.04. The van der Waals surface area contributed by atoms with Crippen molar-refractivity contribution in [1.82, 2.24) is 10.2 Å². The molecule has 1 aliphatic rings. The number of ether oxygens (including phenoxy) is 2. The van der Waals surface area contributed by atoms with E-state index in [1.165, 1.54) is 18.1 Å². The van der Waals surface area contributed by atoms with Crippen LogP contribution in [0.15, 0.2) is 48.5 Å². The molecular weight excluding hydrogens is 439 g/mol. The minimum Gasteiger partial charge on any atom is -0.467 e. The van der Waals surface area contributed by atoms with Gasteiger partial charge in [0.2, 0.25) is 5.91 Å². The zero-order valence-corrected chi connectivity index (χ0v) is 20.0. The van der Waals surface area contributed by atoms with Gasteiger partial charge in [0.25, 0.3) is 0 Å². The molecule has 0 aliphatic carbocycles. The van der Waals surface area contributed by atoms with Crippen LogP contribution in [-0.4, -0.2) is 47.7 Å². The Morgan fingerprint density at radius 1 is 1.09 bits per heavy atom. The van der Waals surface area contributed by atoms with E-state index in [-0.39, 0.29) is 25.3 Å². The SMILES string of the molecule is COC(=O)C1Cc2ccccc2CN1C(=O)CC(Cc1ccccc1F)NC(=O)OC(C)(C)C. The van der Waals surface area contributed by atoms with Crippen LogP contribution in [0.25, 0.3) is 0 Å². The Balaban J connectivity index is 1.83. The van der Waals surface area contributed by atoms with Gasteiger partial charge in [0.05, 0.1) is 7.11 Å². The predicted octanol–water partition coefficient (Wildman–Crippen LogP) is 3.78. The molecule has 34 heavy (non-hydrogen) atoms. The maximum atomic E-state index is 14.3. The number of halogens is 1. The molecule has 0 saturated heterocycles. The average molecular weight is 471 g/mol. The van der Waals surface area contributed by atoms with Gasteiger partial charge in [0, 0.05) is 25.4 Å². The van der Waals surface area contributed by atoms with Crippen molar-refractivity contribution in [2.75, 3.05) is 7.11 Å². The van der Waals surface area contributed by atoms with Gasteiger partial charge in [-0.05, 0) is 49.9 Å². The maximum Gasteiger partial charge on any atom is 0.407 e. The summed E-state index contributed by atoms with van der Waals surface area (Å²) in [6.45, 7) is 5.44. The first-order valence-electron chi connectivity index (χ1n) is 11.2. The lowest BCUT2D eigenvalue weighted by molar-refractivity contribution is -0.154. The summed E-state index contributed by atoms with van der Waals surface area (Å²) in [4.78, 5) is 39.8. The Bertz CT molecular complexity index is 1050. The third-order valence-corrected chi connectivity index (χ3v) is 5.61. The highest BCUT2D eigenvalue weighted by molar-refractivity contribution is 5.86. The summed E-state index contributed by atoms with van der Waals surface area (Å²) in [5, 5.41) is 2.70. The van der Waals surface area contributed by atoms with Gasteiger partial charge in [-0.25, -0.2) is 14.0 Å². The van der Waals surface area contributed by atoms with E-state index < -0.39 is 35.6 Å². The molecule has 182 valence electrons. The second-order valence-corrected chi connectivity index (χ2v) is 9.38. The number of rotatable bonds is 6. The highest BCUT2D eigenvalue weighted by Gasteiger charge is 2.36. The van der Waals surface area contributed by atoms with Gasteiger partial charge in [-0.2, -0.15) is 0 Å². The van der Waals surface area contributed by atoms with Crippen LogP contribution in [0.2, 0.25) is 0 Å². The number of esters is 1. The molecule has 8 heteroatoms. The van der Waals surface area contributed by atoms with Gasteiger partial charge >= 0.3 is 12.1 Å². The standard InChI is InChI=1S/C26H31FN2O5/c1-26(2,3)34-25(32)28-20(13-18-10-7-8-12-21(18)27)15-23(30)29-16-19-11-6-5-9-17(19)14-22(29)24(31)33-4/h5-12,20,22H,13-16H2,1-4H3,(H,28,32). The van der Waals surface area contributed by atoms with Crippen molar-refractivity contribution < 1.29 is 28.2 Å². The van der Waals surface area contributed by atoms with Gasteiger partial charge in [-0.1, -0.05) is 42.5 Å². The second-order valence-electron chi connectivity index (χ2n) is 9.38. The van der Waals surface area contributed by atoms with Crippen LogP contribution in [0.1, 0.15) is 43.9 Å². The molecule has 0 radical (unpaired) electrons. The summed E-state index contributed by atoms with van der Waals surface area (Å²) in [5.41, 5.74) is 1.56. The monoisotopic (exact) mass is 470 g/mol. The van der Waals surface area contributed by atoms with Gasteiger partial charge in [-0.3, -0.25) is 4.79 Å². The number of nitrogens with zero attached hydrogens (tertiary/aromatic N) is 1. The van der Waals surface area contributed by atoms with E-state index in [2.05, 4.69) is 5.32 Å². The van der Waals surface area contributed by atoms with Crippen LogP contribution >= 0.6 is 0 Å². The summed E-state index contributed by atoms with van der Waals surface area (Å²) >= 11 is 0. The molecule has 0 saturated carbocycles. The normalized spacial score (nSPS) is 16.3. The lowest BCUT2D eigenvalue weighted by Gasteiger charge is -2.36. The Morgan fingerprint density at radius 2 is 1.74 bits per heavy atom. The fourth-order valence-corrected chi connectivity index (χ4v) is 4.04. The van der Waals surface area contributed by atoms with Crippen LogP contribution in [-0.2, 0) is 38.4 Å². The van der Waals surface area contributed by atoms with Gasteiger partial charge < -0.3 is 19.7 Å². The van der Waals surface area contributed by atoms with Crippen molar-refractivity contribution in [3.8, 4) is 0 Å². The van der Waals surface area contributed by atoms with E-state index in [0.717, 1.165) is 11.1 Å². The van der Waals surface area contributed by atoms with Gasteiger partial charge in [0.15, 0.2) is 0 Å². The smallest absolute Gasteiger partial charge is 0.407 e. The molecular formula is C26H31FN2O5. The molecule has 2 unspecified atom stereocenters. The van der Waals surface area contributed by atoms with Gasteiger partial charge in [-0.15, -0.1) is 0 Å². The number of hydrogen-bond acceptors (Lipinski definition) is 5. The molecule has 3 rings (SSSR count). The zero-order chi connectivity index (χ0) is 24.9. The van der Waals surface area contributed by atoms with E-state index in [1.807, 2.05) is 24.3 Å². The van der Waals surface area contributed by atoms with Crippen LogP contribution in [0.4, 0.5) is 9.18 Å². The van der Waals surface area contributed by atoms with E-state index in [0.29, 0.717) is 12.0 Å². The quantitative estimate of drug-likeness (QED) is 0.650. The van der Waals surface area contributed by atoms with E-state index in [9.17, 15) is 18.8 Å². The molecule has 0 spiro atoms. The highest BCUT2D eigenvalue weighted by Crippen LogP contribution is 2.25. The molecule has 0 bridgehead atoms. The van der Waals surface area contributed by atoms with E-state index in [4.69, 9.17) is 9.47 Å². The Hall–Kier alpha value is -3.42. The molecule has 7 nitrogen and oxygen atoms in total. The summed E-state index contributed by atoms with van der Waals surface area (Å²) in [7, 11) is 1.29. The fraction of sp³-hybridized carbons (Fsp3) is 0.423. The number of benzene rings is 2. The summed E-state index contributed by atoms with van der Waals surface area (Å²) < 4.78 is 24.6. The van der Waals surface area contributed by atoms with Crippen LogP contribution < -0.4 is 5.32 Å². The topological polar surface area (TPSA) is 84.9 Å². The first kappa shape index (κ1) is 25.2. The average Bonchev–Trinajstić information content (AvgIpc) is 2.77. The number of methoxy groups -OCH3 is 1. The van der Waals surface area contributed by atoms with Crippen molar-refractivity contribution in [3.05, 3.63) is 71.0 Å². The minimum absolute atomic E-state index is 0.0883. The van der Waals surface area contributed by atoms with Crippen LogP contribution in [0, 0.1) is 5.82 Å². The third kappa shape index (κ3) is 6.56. The lowest BCUT2D eigenvalue weighted by atomic mass is 9.93. The van der Waals surface area contributed by atoms with Crippen LogP contribution in [0.5, 0.6) is 0 Å². The lowest BCUT2D eigenvalue weighted by Crippen LogP contribution is -2.51. The summed E-state index contributed by atoms with van der Waals surface area (Å²) in [6, 6.07) is 12.3. The molecule has 0 fully saturated rings. The summed E-state index contributed by atoms with van der Waals surface area (Å²) in [5.74, 6) is -1.28. The second kappa shape index (κ2) is 10.7. The summed E-state index contributed by atoms with van der Waals surface area (Å²) in [6.07, 6.45) is -0.407. The van der Waals surface area contributed by atoms with Crippen molar-refractivity contribution in [1.29, 1.82) is 0 Å². The minimum atomic E-state index is -0.775. The molecule has 1 N–H and O–H groups in total. The predicted molar refractivity (Wildman–Crippen MR) is 124 cm³/mol. The van der Waals surface area contributed by atoms with E-state index >= 15 is 0 Å². The highest BCUT2D eigenvalue weighted by atomic mass is 19.1. The molecule has 2 aromatic carbocycles. The number of amides is 2. The maximum absolute atomic E-state index is 14.3. The van der Waals surface area contributed by atoms with Crippen LogP contribution in [0.3, 0.4) is 0 Å². The number of fused-ring (bicyclic) bond motifs is 1. The molecule has 1 aliphatic heterocycles. The Labute approximate surface area is 199 Å². The molecule has 1 heterocycles. The number of hydrogen-bond donors (Lipinski definition) is 1. The number of nitrogens with one attached hydrogen (secondary N) is 1.